The summed E-state index contributed by atoms with van der Waals surface area (Å²) < 4.78 is 0. The van der Waals surface area contributed by atoms with Crippen molar-refractivity contribution in [1.82, 2.24) is 5.32 Å². The zero-order chi connectivity index (χ0) is 23.5. The zero-order valence-electron chi connectivity index (χ0n) is 20.1. The quantitative estimate of drug-likeness (QED) is 0.425. The molecule has 0 radical (unpaired) electrons. The predicted molar refractivity (Wildman–Crippen MR) is 136 cm³/mol. The van der Waals surface area contributed by atoms with Gasteiger partial charge in [-0.25, -0.2) is 0 Å². The van der Waals surface area contributed by atoms with Crippen molar-refractivity contribution < 1.29 is 9.59 Å². The van der Waals surface area contributed by atoms with Crippen LogP contribution < -0.4 is 10.2 Å². The Morgan fingerprint density at radius 3 is 2.22 bits per heavy atom. The van der Waals surface area contributed by atoms with Crippen molar-refractivity contribution in [3.63, 3.8) is 0 Å². The molecule has 0 aliphatic heterocycles. The number of aldehydes is 1. The Bertz CT molecular complexity index is 881. The lowest BCUT2D eigenvalue weighted by molar-refractivity contribution is -0.109. The van der Waals surface area contributed by atoms with Gasteiger partial charge in [0.2, 0.25) is 0 Å². The second-order valence-corrected chi connectivity index (χ2v) is 8.76. The minimum atomic E-state index is -0.526. The molecule has 2 aromatic rings. The van der Waals surface area contributed by atoms with E-state index in [0.29, 0.717) is 17.1 Å². The van der Waals surface area contributed by atoms with Crippen LogP contribution in [0, 0.1) is 5.92 Å². The van der Waals surface area contributed by atoms with E-state index in [2.05, 4.69) is 24.0 Å². The van der Waals surface area contributed by atoms with Crippen molar-refractivity contribution in [3.8, 4) is 0 Å². The number of para-hydroxylation sites is 1. The predicted octanol–water partition coefficient (Wildman–Crippen LogP) is 5.74. The molecule has 172 valence electrons. The first kappa shape index (κ1) is 25.5. The van der Waals surface area contributed by atoms with Crippen molar-refractivity contribution >= 4 is 23.3 Å². The van der Waals surface area contributed by atoms with Gasteiger partial charge in [0.15, 0.2) is 5.78 Å². The van der Waals surface area contributed by atoms with Gasteiger partial charge >= 0.3 is 0 Å². The summed E-state index contributed by atoms with van der Waals surface area (Å²) in [5.41, 5.74) is 4.60. The van der Waals surface area contributed by atoms with Gasteiger partial charge in [-0.05, 0) is 50.1 Å². The summed E-state index contributed by atoms with van der Waals surface area (Å²) in [7, 11) is 7.67. The van der Waals surface area contributed by atoms with Gasteiger partial charge in [-0.1, -0.05) is 68.3 Å². The number of hydrogen-bond acceptors (Lipinski definition) is 4. The van der Waals surface area contributed by atoms with E-state index in [0.717, 1.165) is 17.5 Å². The lowest BCUT2D eigenvalue weighted by Crippen LogP contribution is -2.15. The third kappa shape index (κ3) is 6.89. The lowest BCUT2D eigenvalue weighted by Gasteiger charge is -2.22. The average Bonchev–Trinajstić information content (AvgIpc) is 2.83. The summed E-state index contributed by atoms with van der Waals surface area (Å²) in [5.74, 6) is 0.0836. The van der Waals surface area contributed by atoms with Crippen LogP contribution in [0.3, 0.4) is 0 Å². The van der Waals surface area contributed by atoms with Crippen LogP contribution in [0.15, 0.2) is 55.1 Å². The molecule has 0 aromatic heterocycles. The maximum absolute atomic E-state index is 12.8. The molecule has 0 spiro atoms. The third-order valence-corrected chi connectivity index (χ3v) is 6.06. The summed E-state index contributed by atoms with van der Waals surface area (Å²) in [5, 5.41) is 2.75. The van der Waals surface area contributed by atoms with Crippen molar-refractivity contribution in [2.45, 2.75) is 44.4 Å². The summed E-state index contributed by atoms with van der Waals surface area (Å²) in [6, 6.07) is 15.9. The number of nitrogens with one attached hydrogen (secondary N) is 1. The van der Waals surface area contributed by atoms with E-state index in [-0.39, 0.29) is 12.2 Å². The van der Waals surface area contributed by atoms with Crippen LogP contribution in [0.1, 0.15) is 65.9 Å². The molecule has 4 nitrogen and oxygen atoms in total. The lowest BCUT2D eigenvalue weighted by atomic mass is 9.83. The highest BCUT2D eigenvalue weighted by Crippen LogP contribution is 2.33. The number of Topliss-reactive ketones (excluding diaryl/α,β-unsaturated/α-hetero) is 1. The fourth-order valence-corrected chi connectivity index (χ4v) is 4.28. The first-order valence-electron chi connectivity index (χ1n) is 11.5. The Kier molecular flexibility index (Phi) is 10.4. The van der Waals surface area contributed by atoms with Crippen LogP contribution >= 0.6 is 0 Å². The second kappa shape index (κ2) is 13.0. The molecule has 0 amide bonds. The van der Waals surface area contributed by atoms with E-state index < -0.39 is 5.92 Å². The first-order chi connectivity index (χ1) is 15.4. The van der Waals surface area contributed by atoms with E-state index in [1.54, 1.807) is 0 Å². The molecular formula is C28H38N2O2. The number of allylic oxidation sites excluding steroid dienone is 1. The van der Waals surface area contributed by atoms with E-state index >= 15 is 0 Å². The molecule has 1 N–H and O–H groups in total. The summed E-state index contributed by atoms with van der Waals surface area (Å²) in [6.45, 7) is 4.15. The molecule has 4 heteroatoms. The molecular weight excluding hydrogens is 396 g/mol. The molecule has 2 aromatic carbocycles. The maximum atomic E-state index is 12.8. The zero-order valence-corrected chi connectivity index (χ0v) is 20.1. The number of rotatable bonds is 8. The minimum Gasteiger partial charge on any atom is -0.377 e. The highest BCUT2D eigenvalue weighted by atomic mass is 16.1. The molecule has 1 aliphatic rings. The van der Waals surface area contributed by atoms with Crippen LogP contribution in [-0.4, -0.2) is 40.3 Å². The molecule has 1 unspecified atom stereocenters. The van der Waals surface area contributed by atoms with Crippen molar-refractivity contribution in [3.05, 3.63) is 71.8 Å². The molecule has 3 rings (SSSR count). The number of anilines is 1. The van der Waals surface area contributed by atoms with Gasteiger partial charge in [0.25, 0.3) is 0 Å². The standard InChI is InChI=1S/C26H31NO2.C2H7N/c1-19(24-11-7-8-12-25(24)27(2)3)23(18-28)17-26(29)22-15-13-21(14-16-22)20-9-5-4-6-10-20;1-3-2/h7-8,11-16,18,20,23H,1,4-6,9-10,17H2,2-3H3;3H,1-2H3. The topological polar surface area (TPSA) is 49.4 Å². The monoisotopic (exact) mass is 434 g/mol. The normalized spacial score (nSPS) is 14.6. The first-order valence-corrected chi connectivity index (χ1v) is 11.5. The number of nitrogens with zero attached hydrogens (tertiary/aromatic N) is 1. The van der Waals surface area contributed by atoms with E-state index in [1.807, 2.05) is 69.5 Å². The van der Waals surface area contributed by atoms with Gasteiger partial charge in [-0.3, -0.25) is 4.79 Å². The molecule has 1 saturated carbocycles. The van der Waals surface area contributed by atoms with Gasteiger partial charge < -0.3 is 15.0 Å². The molecule has 32 heavy (non-hydrogen) atoms. The van der Waals surface area contributed by atoms with Crippen molar-refractivity contribution in [1.29, 1.82) is 0 Å². The van der Waals surface area contributed by atoms with Gasteiger partial charge in [0.1, 0.15) is 6.29 Å². The van der Waals surface area contributed by atoms with E-state index in [1.165, 1.54) is 37.7 Å². The van der Waals surface area contributed by atoms with Crippen LogP contribution in [-0.2, 0) is 4.79 Å². The van der Waals surface area contributed by atoms with Crippen molar-refractivity contribution in [2.24, 2.45) is 5.92 Å². The van der Waals surface area contributed by atoms with Crippen LogP contribution in [0.4, 0.5) is 5.69 Å². The largest absolute Gasteiger partial charge is 0.377 e. The molecule has 1 fully saturated rings. The molecule has 1 atom stereocenters. The van der Waals surface area contributed by atoms with Crippen LogP contribution in [0.25, 0.3) is 5.57 Å². The Morgan fingerprint density at radius 1 is 1.06 bits per heavy atom. The average molecular weight is 435 g/mol. The Morgan fingerprint density at radius 2 is 1.66 bits per heavy atom. The molecule has 0 bridgehead atoms. The fourth-order valence-electron chi connectivity index (χ4n) is 4.28. The third-order valence-electron chi connectivity index (χ3n) is 6.06. The smallest absolute Gasteiger partial charge is 0.163 e. The second-order valence-electron chi connectivity index (χ2n) is 8.76. The summed E-state index contributed by atoms with van der Waals surface area (Å²) in [6.07, 6.45) is 7.40. The SMILES string of the molecule is C=C(c1ccccc1N(C)C)C(C=O)CC(=O)c1ccc(C2CCCCC2)cc1.CNC. The van der Waals surface area contributed by atoms with Gasteiger partial charge in [-0.2, -0.15) is 0 Å². The number of hydrogen-bond donors (Lipinski definition) is 1. The van der Waals surface area contributed by atoms with Crippen LogP contribution in [0.5, 0.6) is 0 Å². The van der Waals surface area contributed by atoms with E-state index in [9.17, 15) is 9.59 Å². The number of carbonyl (C=O) groups is 2. The molecule has 1 aliphatic carbocycles. The molecule has 0 heterocycles. The van der Waals surface area contributed by atoms with Gasteiger partial charge in [0.05, 0.1) is 0 Å². The number of benzene rings is 2. The fraction of sp³-hybridized carbons (Fsp3) is 0.429. The van der Waals surface area contributed by atoms with Gasteiger partial charge in [-0.15, -0.1) is 0 Å². The Balaban J connectivity index is 0.00000114. The summed E-state index contributed by atoms with van der Waals surface area (Å²) >= 11 is 0. The van der Waals surface area contributed by atoms with E-state index in [4.69, 9.17) is 0 Å². The number of ketones is 1. The molecule has 0 saturated heterocycles. The summed E-state index contributed by atoms with van der Waals surface area (Å²) in [4.78, 5) is 26.6. The maximum Gasteiger partial charge on any atom is 0.163 e. The Labute approximate surface area is 193 Å². The highest BCUT2D eigenvalue weighted by Gasteiger charge is 2.21. The minimum absolute atomic E-state index is 0.0132. The number of carbonyl (C=O) groups excluding carboxylic acids is 2. The highest BCUT2D eigenvalue weighted by molar-refractivity contribution is 6.00. The van der Waals surface area contributed by atoms with Crippen molar-refractivity contribution in [2.75, 3.05) is 33.1 Å². The van der Waals surface area contributed by atoms with Gasteiger partial charge in [0, 0.05) is 43.2 Å². The Hall–Kier alpha value is -2.72. The van der Waals surface area contributed by atoms with Crippen LogP contribution in [0.2, 0.25) is 0 Å².